The first kappa shape index (κ1) is 16.8. The third kappa shape index (κ3) is 4.23. The highest BCUT2D eigenvalue weighted by atomic mass is 16.1. The van der Waals surface area contributed by atoms with Gasteiger partial charge in [0.15, 0.2) is 0 Å². The van der Waals surface area contributed by atoms with E-state index in [-0.39, 0.29) is 11.4 Å². The van der Waals surface area contributed by atoms with E-state index in [9.17, 15) is 4.79 Å². The maximum Gasteiger partial charge on any atom is 0.224 e. The van der Waals surface area contributed by atoms with Crippen LogP contribution in [0, 0.1) is 5.92 Å². The van der Waals surface area contributed by atoms with Gasteiger partial charge in [0, 0.05) is 17.8 Å². The van der Waals surface area contributed by atoms with Gasteiger partial charge < -0.3 is 16.0 Å². The Morgan fingerprint density at radius 2 is 2.23 bits per heavy atom. The number of amides is 1. The summed E-state index contributed by atoms with van der Waals surface area (Å²) in [6.07, 6.45) is 5.24. The Bertz CT molecular complexity index is 515. The van der Waals surface area contributed by atoms with Gasteiger partial charge in [0.25, 0.3) is 0 Å². The molecule has 0 saturated heterocycles. The fourth-order valence-electron chi connectivity index (χ4n) is 3.57. The van der Waals surface area contributed by atoms with Crippen molar-refractivity contribution in [3.63, 3.8) is 0 Å². The van der Waals surface area contributed by atoms with Crippen LogP contribution < -0.4 is 11.1 Å². The van der Waals surface area contributed by atoms with E-state index in [1.807, 2.05) is 24.3 Å². The first-order valence-corrected chi connectivity index (χ1v) is 8.20. The second-order valence-electron chi connectivity index (χ2n) is 7.02. The SMILES string of the molecule is CC1CCCC(CNC(=O)Cc2cccc(N)c2)(N(C)C)C1. The second-order valence-corrected chi connectivity index (χ2v) is 7.02. The lowest BCUT2D eigenvalue weighted by molar-refractivity contribution is -0.121. The fourth-order valence-corrected chi connectivity index (χ4v) is 3.57. The van der Waals surface area contributed by atoms with Crippen LogP contribution in [0.1, 0.15) is 38.2 Å². The second kappa shape index (κ2) is 7.14. The van der Waals surface area contributed by atoms with Crippen LogP contribution >= 0.6 is 0 Å². The minimum Gasteiger partial charge on any atom is -0.399 e. The minimum atomic E-state index is 0.0741. The van der Waals surface area contributed by atoms with Gasteiger partial charge in [0.1, 0.15) is 0 Å². The van der Waals surface area contributed by atoms with Crippen molar-refractivity contribution >= 4 is 11.6 Å². The van der Waals surface area contributed by atoms with Crippen molar-refractivity contribution in [2.24, 2.45) is 5.92 Å². The van der Waals surface area contributed by atoms with E-state index in [0.29, 0.717) is 12.1 Å². The van der Waals surface area contributed by atoms with Crippen LogP contribution in [0.15, 0.2) is 24.3 Å². The van der Waals surface area contributed by atoms with E-state index in [0.717, 1.165) is 30.9 Å². The van der Waals surface area contributed by atoms with Crippen molar-refractivity contribution in [3.8, 4) is 0 Å². The van der Waals surface area contributed by atoms with Gasteiger partial charge in [0.05, 0.1) is 6.42 Å². The zero-order valence-electron chi connectivity index (χ0n) is 14.1. The third-order valence-electron chi connectivity index (χ3n) is 4.95. The topological polar surface area (TPSA) is 58.4 Å². The zero-order chi connectivity index (χ0) is 16.2. The number of carbonyl (C=O) groups excluding carboxylic acids is 1. The van der Waals surface area contributed by atoms with E-state index in [1.165, 1.54) is 12.8 Å². The predicted octanol–water partition coefficient (Wildman–Crippen LogP) is 2.44. The van der Waals surface area contributed by atoms with Gasteiger partial charge in [-0.15, -0.1) is 0 Å². The Hall–Kier alpha value is -1.55. The van der Waals surface area contributed by atoms with Crippen molar-refractivity contribution in [2.45, 2.75) is 44.6 Å². The molecule has 1 aromatic rings. The van der Waals surface area contributed by atoms with Crippen molar-refractivity contribution in [2.75, 3.05) is 26.4 Å². The molecule has 2 atom stereocenters. The van der Waals surface area contributed by atoms with Crippen LogP contribution in [0.5, 0.6) is 0 Å². The Morgan fingerprint density at radius 3 is 2.86 bits per heavy atom. The molecule has 1 fully saturated rings. The molecule has 1 aliphatic carbocycles. The van der Waals surface area contributed by atoms with Gasteiger partial charge in [-0.25, -0.2) is 0 Å². The molecule has 0 aromatic heterocycles. The molecule has 0 aliphatic heterocycles. The summed E-state index contributed by atoms with van der Waals surface area (Å²) in [6.45, 7) is 3.04. The highest BCUT2D eigenvalue weighted by Gasteiger charge is 2.37. The summed E-state index contributed by atoms with van der Waals surface area (Å²) in [5, 5.41) is 3.14. The molecule has 0 spiro atoms. The Kier molecular flexibility index (Phi) is 5.46. The largest absolute Gasteiger partial charge is 0.399 e. The van der Waals surface area contributed by atoms with E-state index < -0.39 is 0 Å². The zero-order valence-corrected chi connectivity index (χ0v) is 14.1. The normalized spacial score (nSPS) is 25.2. The van der Waals surface area contributed by atoms with Gasteiger partial charge in [0.2, 0.25) is 5.91 Å². The monoisotopic (exact) mass is 303 g/mol. The lowest BCUT2D eigenvalue weighted by atomic mass is 9.75. The van der Waals surface area contributed by atoms with E-state index >= 15 is 0 Å². The van der Waals surface area contributed by atoms with Gasteiger partial charge in [-0.3, -0.25) is 4.79 Å². The first-order chi connectivity index (χ1) is 10.4. The number of hydrogen-bond donors (Lipinski definition) is 2. The summed E-state index contributed by atoms with van der Waals surface area (Å²) in [5.41, 5.74) is 7.53. The number of benzene rings is 1. The maximum absolute atomic E-state index is 12.2. The Labute approximate surface area is 134 Å². The van der Waals surface area contributed by atoms with Crippen LogP contribution in [-0.2, 0) is 11.2 Å². The van der Waals surface area contributed by atoms with Crippen molar-refractivity contribution in [3.05, 3.63) is 29.8 Å². The minimum absolute atomic E-state index is 0.0741. The van der Waals surface area contributed by atoms with Crippen LogP contribution in [0.3, 0.4) is 0 Å². The molecule has 0 heterocycles. The quantitative estimate of drug-likeness (QED) is 0.821. The number of rotatable bonds is 5. The first-order valence-electron chi connectivity index (χ1n) is 8.20. The molecule has 1 aliphatic rings. The molecule has 4 nitrogen and oxygen atoms in total. The van der Waals surface area contributed by atoms with Crippen molar-refractivity contribution < 1.29 is 4.79 Å². The van der Waals surface area contributed by atoms with Crippen LogP contribution in [0.2, 0.25) is 0 Å². The third-order valence-corrected chi connectivity index (χ3v) is 4.95. The van der Waals surface area contributed by atoms with E-state index in [2.05, 4.69) is 31.2 Å². The van der Waals surface area contributed by atoms with Crippen LogP contribution in [-0.4, -0.2) is 37.0 Å². The number of hydrogen-bond acceptors (Lipinski definition) is 3. The number of carbonyl (C=O) groups is 1. The average Bonchev–Trinajstić information content (AvgIpc) is 2.45. The highest BCUT2D eigenvalue weighted by molar-refractivity contribution is 5.78. The summed E-state index contributed by atoms with van der Waals surface area (Å²) >= 11 is 0. The Morgan fingerprint density at radius 1 is 1.45 bits per heavy atom. The number of nitrogens with two attached hydrogens (primary N) is 1. The maximum atomic E-state index is 12.2. The molecule has 1 saturated carbocycles. The highest BCUT2D eigenvalue weighted by Crippen LogP contribution is 2.35. The van der Waals surface area contributed by atoms with Crippen LogP contribution in [0.25, 0.3) is 0 Å². The average molecular weight is 303 g/mol. The van der Waals surface area contributed by atoms with E-state index in [4.69, 9.17) is 5.73 Å². The summed E-state index contributed by atoms with van der Waals surface area (Å²) in [4.78, 5) is 14.5. The summed E-state index contributed by atoms with van der Waals surface area (Å²) in [7, 11) is 4.25. The number of nitrogen functional groups attached to an aromatic ring is 1. The molecule has 2 unspecified atom stereocenters. The fraction of sp³-hybridized carbons (Fsp3) is 0.611. The molecule has 3 N–H and O–H groups in total. The van der Waals surface area contributed by atoms with Gasteiger partial charge in [-0.1, -0.05) is 31.9 Å². The molecule has 122 valence electrons. The number of nitrogens with one attached hydrogen (secondary N) is 1. The molecule has 22 heavy (non-hydrogen) atoms. The number of nitrogens with zero attached hydrogens (tertiary/aromatic N) is 1. The summed E-state index contributed by atoms with van der Waals surface area (Å²) < 4.78 is 0. The molecule has 1 amide bonds. The van der Waals surface area contributed by atoms with Gasteiger partial charge in [-0.2, -0.15) is 0 Å². The lowest BCUT2D eigenvalue weighted by Gasteiger charge is -2.45. The number of anilines is 1. The number of likely N-dealkylation sites (N-methyl/N-ethyl adjacent to an activating group) is 1. The smallest absolute Gasteiger partial charge is 0.224 e. The van der Waals surface area contributed by atoms with Gasteiger partial charge >= 0.3 is 0 Å². The lowest BCUT2D eigenvalue weighted by Crippen LogP contribution is -2.55. The van der Waals surface area contributed by atoms with Gasteiger partial charge in [-0.05, 0) is 50.6 Å². The molecule has 2 rings (SSSR count). The summed E-state index contributed by atoms with van der Waals surface area (Å²) in [5.74, 6) is 0.798. The molecule has 0 bridgehead atoms. The Balaban J connectivity index is 1.93. The predicted molar refractivity (Wildman–Crippen MR) is 91.6 cm³/mol. The summed E-state index contributed by atoms with van der Waals surface area (Å²) in [6, 6.07) is 7.54. The van der Waals surface area contributed by atoms with Crippen LogP contribution in [0.4, 0.5) is 5.69 Å². The molecular weight excluding hydrogens is 274 g/mol. The van der Waals surface area contributed by atoms with E-state index in [1.54, 1.807) is 0 Å². The molecule has 1 aromatic carbocycles. The molecule has 4 heteroatoms. The molecule has 0 radical (unpaired) electrons. The van der Waals surface area contributed by atoms with Crippen molar-refractivity contribution in [1.82, 2.24) is 10.2 Å². The molecular formula is C18H29N3O. The van der Waals surface area contributed by atoms with Crippen molar-refractivity contribution in [1.29, 1.82) is 0 Å². The standard InChI is InChI=1S/C18H29N3O/c1-14-6-5-9-18(12-14,21(2)3)13-20-17(22)11-15-7-4-8-16(19)10-15/h4,7-8,10,14H,5-6,9,11-13,19H2,1-3H3,(H,20,22).